The van der Waals surface area contributed by atoms with Crippen molar-refractivity contribution >= 4 is 28.5 Å². The lowest BCUT2D eigenvalue weighted by atomic mass is 9.81. The number of rotatable bonds is 4. The molecule has 1 atom stereocenters. The second-order valence-corrected chi connectivity index (χ2v) is 9.59. The third-order valence-electron chi connectivity index (χ3n) is 6.12. The Labute approximate surface area is 188 Å². The van der Waals surface area contributed by atoms with Crippen molar-refractivity contribution in [3.63, 3.8) is 0 Å². The van der Waals surface area contributed by atoms with Crippen LogP contribution < -0.4 is 10.9 Å². The van der Waals surface area contributed by atoms with Crippen molar-refractivity contribution in [2.45, 2.75) is 37.3 Å². The number of aliphatic hydroxyl groups is 1. The molecular formula is C22H25FIN3O3. The molecule has 0 radical (unpaired) electrons. The number of carbonyl (C=O) groups excluding carboxylic acids is 1. The van der Waals surface area contributed by atoms with E-state index in [1.165, 1.54) is 22.9 Å². The van der Waals surface area contributed by atoms with Crippen LogP contribution in [0.2, 0.25) is 0 Å². The van der Waals surface area contributed by atoms with Crippen LogP contribution in [0.25, 0.3) is 0 Å². The number of nitrogens with zero attached hydrogens (tertiary/aromatic N) is 2. The smallest absolute Gasteiger partial charge is 0.255 e. The Hall–Kier alpha value is -1.78. The number of likely N-dealkylation sites (tertiary alicyclic amines) is 1. The van der Waals surface area contributed by atoms with E-state index in [0.29, 0.717) is 16.7 Å². The van der Waals surface area contributed by atoms with Gasteiger partial charge < -0.3 is 19.9 Å². The van der Waals surface area contributed by atoms with Crippen LogP contribution in [0.4, 0.5) is 4.39 Å². The van der Waals surface area contributed by atoms with E-state index < -0.39 is 5.60 Å². The first kappa shape index (κ1) is 21.5. The summed E-state index contributed by atoms with van der Waals surface area (Å²) in [4.78, 5) is 27.0. The summed E-state index contributed by atoms with van der Waals surface area (Å²) < 4.78 is 16.5. The van der Waals surface area contributed by atoms with Gasteiger partial charge in [-0.1, -0.05) is 12.5 Å². The molecule has 30 heavy (non-hydrogen) atoms. The number of halogens is 2. The van der Waals surface area contributed by atoms with Gasteiger partial charge in [0, 0.05) is 35.3 Å². The highest BCUT2D eigenvalue weighted by Gasteiger charge is 2.49. The van der Waals surface area contributed by atoms with Crippen molar-refractivity contribution < 1.29 is 14.3 Å². The maximum Gasteiger partial charge on any atom is 0.255 e. The number of pyridine rings is 1. The summed E-state index contributed by atoms with van der Waals surface area (Å²) in [5.41, 5.74) is 0.130. The third-order valence-corrected chi connectivity index (χ3v) is 6.79. The molecule has 0 bridgehead atoms. The number of β-amino-alcohol motifs (C(OH)–C–C–N with tert-alkyl or cyclic N) is 1. The first-order valence-electron chi connectivity index (χ1n) is 10.2. The number of carbonyl (C=O) groups is 1. The number of aromatic nitrogens is 1. The van der Waals surface area contributed by atoms with E-state index in [1.807, 2.05) is 22.6 Å². The molecule has 160 valence electrons. The van der Waals surface area contributed by atoms with Gasteiger partial charge >= 0.3 is 0 Å². The van der Waals surface area contributed by atoms with E-state index in [0.717, 1.165) is 29.4 Å². The molecule has 1 amide bonds. The summed E-state index contributed by atoms with van der Waals surface area (Å²) in [6.07, 6.45) is 4.74. The zero-order valence-electron chi connectivity index (χ0n) is 16.8. The van der Waals surface area contributed by atoms with Gasteiger partial charge in [0.2, 0.25) is 0 Å². The number of amides is 1. The molecule has 0 unspecified atom stereocenters. The molecule has 2 aliphatic heterocycles. The number of hydrogen-bond acceptors (Lipinski definition) is 4. The monoisotopic (exact) mass is 525 g/mol. The Morgan fingerprint density at radius 2 is 2.07 bits per heavy atom. The largest absolute Gasteiger partial charge is 0.385 e. The molecule has 0 aliphatic carbocycles. The minimum absolute atomic E-state index is 0.00390. The summed E-state index contributed by atoms with van der Waals surface area (Å²) in [7, 11) is 1.59. The number of benzene rings is 1. The van der Waals surface area contributed by atoms with Crippen LogP contribution in [-0.4, -0.2) is 51.8 Å². The normalized spacial score (nSPS) is 20.7. The molecule has 1 aromatic carbocycles. The highest BCUT2D eigenvalue weighted by atomic mass is 127. The Balaban J connectivity index is 1.57. The molecule has 6 nitrogen and oxygen atoms in total. The van der Waals surface area contributed by atoms with Crippen molar-refractivity contribution in [2.75, 3.05) is 19.6 Å². The van der Waals surface area contributed by atoms with Crippen LogP contribution in [0.1, 0.15) is 40.7 Å². The van der Waals surface area contributed by atoms with Gasteiger partial charge in [0.15, 0.2) is 0 Å². The Morgan fingerprint density at radius 1 is 1.30 bits per heavy atom. The Morgan fingerprint density at radius 3 is 2.73 bits per heavy atom. The van der Waals surface area contributed by atoms with E-state index in [1.54, 1.807) is 24.1 Å². The van der Waals surface area contributed by atoms with Crippen LogP contribution in [-0.2, 0) is 13.5 Å². The molecule has 2 aromatic rings. The molecule has 2 saturated heterocycles. The van der Waals surface area contributed by atoms with Gasteiger partial charge in [0.1, 0.15) is 11.4 Å². The van der Waals surface area contributed by atoms with Gasteiger partial charge in [0.25, 0.3) is 11.5 Å². The topological polar surface area (TPSA) is 74.6 Å². The van der Waals surface area contributed by atoms with E-state index in [4.69, 9.17) is 0 Å². The first-order valence-corrected chi connectivity index (χ1v) is 11.2. The third kappa shape index (κ3) is 4.17. The predicted molar refractivity (Wildman–Crippen MR) is 120 cm³/mol. The molecule has 0 spiro atoms. The minimum Gasteiger partial charge on any atom is -0.385 e. The Kier molecular flexibility index (Phi) is 6.00. The minimum atomic E-state index is -0.918. The van der Waals surface area contributed by atoms with E-state index >= 15 is 0 Å². The maximum atomic E-state index is 14.4. The summed E-state index contributed by atoms with van der Waals surface area (Å²) in [5, 5.41) is 14.3. The summed E-state index contributed by atoms with van der Waals surface area (Å²) >= 11 is 2.04. The summed E-state index contributed by atoms with van der Waals surface area (Å²) in [6, 6.07) is 6.31. The molecule has 8 heteroatoms. The van der Waals surface area contributed by atoms with Gasteiger partial charge in [-0.2, -0.15) is 0 Å². The molecule has 2 aliphatic rings. The predicted octanol–water partition coefficient (Wildman–Crippen LogP) is 2.05. The molecule has 3 heterocycles. The fraction of sp³-hybridized carbons (Fsp3) is 0.455. The average Bonchev–Trinajstić information content (AvgIpc) is 2.70. The highest BCUT2D eigenvalue weighted by Crippen LogP contribution is 2.31. The van der Waals surface area contributed by atoms with Gasteiger partial charge in [-0.25, -0.2) is 4.39 Å². The fourth-order valence-corrected chi connectivity index (χ4v) is 4.79. The molecule has 2 fully saturated rings. The van der Waals surface area contributed by atoms with Crippen LogP contribution in [0, 0.1) is 9.39 Å². The second kappa shape index (κ2) is 8.39. The summed E-state index contributed by atoms with van der Waals surface area (Å²) in [6.45, 7) is 1.39. The molecule has 0 saturated carbocycles. The van der Waals surface area contributed by atoms with Crippen molar-refractivity contribution in [1.29, 1.82) is 0 Å². The van der Waals surface area contributed by atoms with E-state index in [2.05, 4.69) is 5.32 Å². The van der Waals surface area contributed by atoms with Gasteiger partial charge in [-0.3, -0.25) is 9.59 Å². The van der Waals surface area contributed by atoms with Crippen molar-refractivity contribution in [1.82, 2.24) is 14.8 Å². The standard InChI is InChI=1S/C22H25FIN3O3/c1-26-11-17(15(9-20(26)28)8-14-5-6-16(24)10-18(14)23)21(29)27-12-22(30,13-27)19-4-2-3-7-25-19/h5-6,9-11,19,25,30H,2-4,7-8,12-13H2,1H3/t19-/m0/s1. The lowest BCUT2D eigenvalue weighted by Gasteiger charge is -2.51. The van der Waals surface area contributed by atoms with Gasteiger partial charge in [-0.05, 0) is 65.2 Å². The zero-order valence-corrected chi connectivity index (χ0v) is 19.0. The number of aryl methyl sites for hydroxylation is 1. The van der Waals surface area contributed by atoms with Gasteiger partial charge in [-0.15, -0.1) is 0 Å². The van der Waals surface area contributed by atoms with E-state index in [-0.39, 0.29) is 42.8 Å². The van der Waals surface area contributed by atoms with E-state index in [9.17, 15) is 19.1 Å². The number of piperidine rings is 1. The average molecular weight is 525 g/mol. The highest BCUT2D eigenvalue weighted by molar-refractivity contribution is 14.1. The van der Waals surface area contributed by atoms with Crippen molar-refractivity contribution in [3.8, 4) is 0 Å². The first-order chi connectivity index (χ1) is 14.3. The quantitative estimate of drug-likeness (QED) is 0.600. The second-order valence-electron chi connectivity index (χ2n) is 8.34. The number of nitrogens with one attached hydrogen (secondary N) is 1. The lowest BCUT2D eigenvalue weighted by Crippen LogP contribution is -2.72. The van der Waals surface area contributed by atoms with Gasteiger partial charge in [0.05, 0.1) is 18.7 Å². The molecule has 4 rings (SSSR count). The lowest BCUT2D eigenvalue weighted by molar-refractivity contribution is -0.108. The SMILES string of the molecule is Cn1cc(C(=O)N2CC(O)([C@@H]3CCCCN3)C2)c(Cc2ccc(I)cc2F)cc1=O. The summed E-state index contributed by atoms with van der Waals surface area (Å²) in [5.74, 6) is -0.602. The van der Waals surface area contributed by atoms with Crippen LogP contribution in [0.15, 0.2) is 35.3 Å². The van der Waals surface area contributed by atoms with Crippen molar-refractivity contribution in [3.05, 3.63) is 66.9 Å². The molecule has 1 aromatic heterocycles. The van der Waals surface area contributed by atoms with Crippen LogP contribution in [0.5, 0.6) is 0 Å². The maximum absolute atomic E-state index is 14.4. The zero-order chi connectivity index (χ0) is 21.5. The fourth-order valence-electron chi connectivity index (χ4n) is 4.34. The van der Waals surface area contributed by atoms with Crippen LogP contribution >= 0.6 is 22.6 Å². The molecular weight excluding hydrogens is 500 g/mol. The number of hydrogen-bond donors (Lipinski definition) is 2. The molecule has 2 N–H and O–H groups in total. The Bertz CT molecular complexity index is 1030. The van der Waals surface area contributed by atoms with Crippen molar-refractivity contribution in [2.24, 2.45) is 7.05 Å². The van der Waals surface area contributed by atoms with Crippen LogP contribution in [0.3, 0.4) is 0 Å².